The van der Waals surface area contributed by atoms with Crippen LogP contribution in [0.15, 0.2) is 34.2 Å². The van der Waals surface area contributed by atoms with Gasteiger partial charge in [0.25, 0.3) is 0 Å². The Labute approximate surface area is 146 Å². The maximum Gasteiger partial charge on any atom is 0.243 e. The number of hydrogen-bond acceptors (Lipinski definition) is 3. The Morgan fingerprint density at radius 2 is 1.83 bits per heavy atom. The fourth-order valence-corrected chi connectivity index (χ4v) is 3.38. The molecule has 1 aromatic rings. The van der Waals surface area contributed by atoms with Gasteiger partial charge in [-0.25, -0.2) is 8.42 Å². The molecule has 7 heteroatoms. The number of aliphatic imine (C=N–C) groups is 1. The fourth-order valence-electron chi connectivity index (χ4n) is 2.01. The van der Waals surface area contributed by atoms with E-state index in [9.17, 15) is 8.42 Å². The molecule has 2 N–H and O–H groups in total. The number of benzene rings is 1. The van der Waals surface area contributed by atoms with Crippen LogP contribution in [0.3, 0.4) is 0 Å². The van der Waals surface area contributed by atoms with Crippen molar-refractivity contribution in [3.05, 3.63) is 29.8 Å². The Morgan fingerprint density at radius 3 is 2.33 bits per heavy atom. The van der Waals surface area contributed by atoms with Crippen molar-refractivity contribution in [2.24, 2.45) is 4.99 Å². The smallest absolute Gasteiger partial charge is 0.243 e. The van der Waals surface area contributed by atoms with E-state index in [0.717, 1.165) is 30.9 Å². The van der Waals surface area contributed by atoms with Gasteiger partial charge in [0.05, 0.1) is 4.90 Å². The zero-order valence-corrected chi connectivity index (χ0v) is 16.2. The second-order valence-electron chi connectivity index (χ2n) is 5.97. The molecule has 1 rings (SSSR count). The van der Waals surface area contributed by atoms with Gasteiger partial charge in [-0.2, -0.15) is 4.31 Å². The number of nitrogens with zero attached hydrogens (tertiary/aromatic N) is 2. The van der Waals surface area contributed by atoms with Crippen molar-refractivity contribution < 1.29 is 8.42 Å². The van der Waals surface area contributed by atoms with Gasteiger partial charge < -0.3 is 10.6 Å². The number of rotatable bonds is 8. The monoisotopic (exact) mass is 354 g/mol. The van der Waals surface area contributed by atoms with Gasteiger partial charge >= 0.3 is 0 Å². The molecule has 0 amide bonds. The van der Waals surface area contributed by atoms with Gasteiger partial charge in [0.1, 0.15) is 0 Å². The van der Waals surface area contributed by atoms with Crippen molar-refractivity contribution in [1.82, 2.24) is 14.9 Å². The van der Waals surface area contributed by atoms with E-state index in [1.807, 2.05) is 26.0 Å². The summed E-state index contributed by atoms with van der Waals surface area (Å²) in [5, 5.41) is 6.46. The van der Waals surface area contributed by atoms with Gasteiger partial charge in [0, 0.05) is 33.2 Å². The summed E-state index contributed by atoms with van der Waals surface area (Å²) in [6.45, 7) is 7.32. The number of nitrogens with one attached hydrogen (secondary N) is 2. The highest BCUT2D eigenvalue weighted by molar-refractivity contribution is 7.89. The van der Waals surface area contributed by atoms with E-state index in [2.05, 4.69) is 22.5 Å². The van der Waals surface area contributed by atoms with E-state index in [4.69, 9.17) is 0 Å². The topological polar surface area (TPSA) is 73.8 Å². The van der Waals surface area contributed by atoms with E-state index in [0.29, 0.717) is 11.4 Å². The van der Waals surface area contributed by atoms with Crippen LogP contribution in [0.1, 0.15) is 39.2 Å². The van der Waals surface area contributed by atoms with Gasteiger partial charge in [0.2, 0.25) is 10.0 Å². The Hall–Kier alpha value is -1.60. The Balaban J connectivity index is 2.68. The molecule has 0 aliphatic rings. The fraction of sp³-hybridized carbons (Fsp3) is 0.588. The third kappa shape index (κ3) is 5.79. The number of unbranched alkanes of at least 4 members (excludes halogenated alkanes) is 1. The quantitative estimate of drug-likeness (QED) is 0.426. The van der Waals surface area contributed by atoms with Gasteiger partial charge in [-0.3, -0.25) is 4.99 Å². The largest absolute Gasteiger partial charge is 0.356 e. The third-order valence-corrected chi connectivity index (χ3v) is 5.88. The molecular weight excluding hydrogens is 324 g/mol. The molecule has 0 heterocycles. The molecule has 1 aromatic carbocycles. The normalized spacial score (nSPS) is 12.7. The molecule has 0 atom stereocenters. The Bertz CT molecular complexity index is 624. The first-order chi connectivity index (χ1) is 11.3. The first-order valence-corrected chi connectivity index (χ1v) is 9.78. The van der Waals surface area contributed by atoms with Gasteiger partial charge in [-0.05, 0) is 38.0 Å². The van der Waals surface area contributed by atoms with E-state index in [1.165, 1.54) is 4.31 Å². The minimum Gasteiger partial charge on any atom is -0.356 e. The third-order valence-electron chi connectivity index (χ3n) is 3.83. The van der Waals surface area contributed by atoms with Crippen LogP contribution in [0.25, 0.3) is 0 Å². The first kappa shape index (κ1) is 20.4. The average molecular weight is 355 g/mol. The molecule has 0 spiro atoms. The van der Waals surface area contributed by atoms with E-state index < -0.39 is 10.0 Å². The molecule has 136 valence electrons. The lowest BCUT2D eigenvalue weighted by atomic mass is 10.2. The van der Waals surface area contributed by atoms with E-state index in [1.54, 1.807) is 26.2 Å². The molecule has 24 heavy (non-hydrogen) atoms. The van der Waals surface area contributed by atoms with Crippen molar-refractivity contribution in [1.29, 1.82) is 0 Å². The lowest BCUT2D eigenvalue weighted by molar-refractivity contribution is 0.410. The molecule has 0 aliphatic carbocycles. The molecule has 6 nitrogen and oxygen atoms in total. The highest BCUT2D eigenvalue weighted by atomic mass is 32.2. The minimum atomic E-state index is -3.43. The molecule has 0 radical (unpaired) electrons. The predicted molar refractivity (Wildman–Crippen MR) is 99.6 cm³/mol. The number of hydrogen-bond donors (Lipinski definition) is 2. The van der Waals surface area contributed by atoms with Crippen molar-refractivity contribution >= 4 is 16.0 Å². The van der Waals surface area contributed by atoms with E-state index >= 15 is 0 Å². The van der Waals surface area contributed by atoms with Gasteiger partial charge in [0.15, 0.2) is 5.96 Å². The highest BCUT2D eigenvalue weighted by Crippen LogP contribution is 2.17. The summed E-state index contributed by atoms with van der Waals surface area (Å²) in [6.07, 6.45) is 2.22. The highest BCUT2D eigenvalue weighted by Gasteiger charge is 2.22. The van der Waals surface area contributed by atoms with Crippen LogP contribution in [0.5, 0.6) is 0 Å². The van der Waals surface area contributed by atoms with Crippen LogP contribution in [0.4, 0.5) is 0 Å². The minimum absolute atomic E-state index is 0.0751. The molecule has 0 saturated carbocycles. The van der Waals surface area contributed by atoms with Crippen LogP contribution in [0.2, 0.25) is 0 Å². The first-order valence-electron chi connectivity index (χ1n) is 8.34. The van der Waals surface area contributed by atoms with Crippen LogP contribution < -0.4 is 10.6 Å². The summed E-state index contributed by atoms with van der Waals surface area (Å²) in [5.41, 5.74) is 1.000. The molecule has 0 bridgehead atoms. The van der Waals surface area contributed by atoms with Gasteiger partial charge in [-0.1, -0.05) is 25.5 Å². The Kier molecular flexibility index (Phi) is 8.21. The van der Waals surface area contributed by atoms with Crippen molar-refractivity contribution in [3.8, 4) is 0 Å². The van der Waals surface area contributed by atoms with Crippen molar-refractivity contribution in [2.45, 2.75) is 51.1 Å². The second kappa shape index (κ2) is 9.64. The predicted octanol–water partition coefficient (Wildman–Crippen LogP) is 2.18. The summed E-state index contributed by atoms with van der Waals surface area (Å²) in [7, 11) is -0.0956. The molecular formula is C17H30N4O2S. The zero-order chi connectivity index (χ0) is 18.2. The average Bonchev–Trinajstić information content (AvgIpc) is 2.57. The standard InChI is InChI=1S/C17H30N4O2S/c1-6-7-12-19-17(18-4)20-13-15-8-10-16(11-9-15)24(22,23)21(5)14(2)3/h8-11,14H,6-7,12-13H2,1-5H3,(H2,18,19,20). The lowest BCUT2D eigenvalue weighted by Crippen LogP contribution is -2.37. The summed E-state index contributed by atoms with van der Waals surface area (Å²) >= 11 is 0. The van der Waals surface area contributed by atoms with Crippen LogP contribution in [-0.2, 0) is 16.6 Å². The molecule has 0 saturated heterocycles. The maximum absolute atomic E-state index is 12.4. The summed E-state index contributed by atoms with van der Waals surface area (Å²) in [4.78, 5) is 4.48. The summed E-state index contributed by atoms with van der Waals surface area (Å²) in [5.74, 6) is 0.750. The Morgan fingerprint density at radius 1 is 1.21 bits per heavy atom. The SMILES string of the molecule is CCCCNC(=NC)NCc1ccc(S(=O)(=O)N(C)C(C)C)cc1. The molecule has 0 unspecified atom stereocenters. The number of sulfonamides is 1. The van der Waals surface area contributed by atoms with Crippen molar-refractivity contribution in [3.63, 3.8) is 0 Å². The summed E-state index contributed by atoms with van der Waals surface area (Å²) in [6, 6.07) is 6.88. The number of guanidine groups is 1. The maximum atomic E-state index is 12.4. The van der Waals surface area contributed by atoms with Crippen LogP contribution in [0, 0.1) is 0 Å². The zero-order valence-electron chi connectivity index (χ0n) is 15.3. The van der Waals surface area contributed by atoms with Crippen LogP contribution in [-0.4, -0.2) is 45.4 Å². The van der Waals surface area contributed by atoms with Crippen molar-refractivity contribution in [2.75, 3.05) is 20.6 Å². The molecule has 0 aromatic heterocycles. The van der Waals surface area contributed by atoms with Gasteiger partial charge in [-0.15, -0.1) is 0 Å². The second-order valence-corrected chi connectivity index (χ2v) is 7.96. The molecule has 0 aliphatic heterocycles. The lowest BCUT2D eigenvalue weighted by Gasteiger charge is -2.21. The molecule has 0 fully saturated rings. The van der Waals surface area contributed by atoms with Crippen LogP contribution >= 0.6 is 0 Å². The summed E-state index contributed by atoms with van der Waals surface area (Å²) < 4.78 is 26.2. The van der Waals surface area contributed by atoms with E-state index in [-0.39, 0.29) is 6.04 Å².